The first-order valence-corrected chi connectivity index (χ1v) is 9.16. The van der Waals surface area contributed by atoms with Crippen molar-refractivity contribution in [3.8, 4) is 17.2 Å². The largest absolute Gasteiger partial charge is 0.493 e. The predicted octanol–water partition coefficient (Wildman–Crippen LogP) is 3.48. The van der Waals surface area contributed by atoms with Crippen LogP contribution < -0.4 is 19.5 Å². The van der Waals surface area contributed by atoms with Crippen LogP contribution >= 0.6 is 0 Å². The summed E-state index contributed by atoms with van der Waals surface area (Å²) >= 11 is 0. The van der Waals surface area contributed by atoms with E-state index in [0.717, 1.165) is 6.29 Å². The second-order valence-corrected chi connectivity index (χ2v) is 6.54. The molecule has 156 valence electrons. The lowest BCUT2D eigenvalue weighted by Gasteiger charge is -2.18. The zero-order valence-electron chi connectivity index (χ0n) is 17.2. The van der Waals surface area contributed by atoms with Crippen LogP contribution in [0, 0.1) is 5.82 Å². The minimum Gasteiger partial charge on any atom is -0.493 e. The summed E-state index contributed by atoms with van der Waals surface area (Å²) in [6.45, 7) is 1.30. The molecule has 0 spiro atoms. The zero-order valence-corrected chi connectivity index (χ0v) is 17.2. The van der Waals surface area contributed by atoms with Gasteiger partial charge in [0.15, 0.2) is 11.5 Å². The van der Waals surface area contributed by atoms with Crippen LogP contribution in [0.3, 0.4) is 0 Å². The molecule has 0 radical (unpaired) electrons. The van der Waals surface area contributed by atoms with Gasteiger partial charge in [0.1, 0.15) is 18.7 Å². The summed E-state index contributed by atoms with van der Waals surface area (Å²) in [6.07, 6.45) is 2.42. The van der Waals surface area contributed by atoms with Crippen LogP contribution in [-0.2, 0) is 4.79 Å². The summed E-state index contributed by atoms with van der Waals surface area (Å²) in [4.78, 5) is 13.6. The van der Waals surface area contributed by atoms with Gasteiger partial charge >= 0.3 is 0 Å². The maximum absolute atomic E-state index is 13.8. The second-order valence-electron chi connectivity index (χ2n) is 6.54. The fourth-order valence-corrected chi connectivity index (χ4v) is 2.63. The van der Waals surface area contributed by atoms with E-state index >= 15 is 0 Å². The van der Waals surface area contributed by atoms with Gasteiger partial charge in [0, 0.05) is 24.2 Å². The maximum Gasteiger partial charge on any atom is 0.203 e. The Morgan fingerprint density at radius 3 is 2.48 bits per heavy atom. The monoisotopic (exact) mass is 402 g/mol. The van der Waals surface area contributed by atoms with E-state index in [1.165, 1.54) is 13.2 Å². The quantitative estimate of drug-likeness (QED) is 0.459. The Labute approximate surface area is 170 Å². The number of para-hydroxylation sites is 1. The van der Waals surface area contributed by atoms with Gasteiger partial charge in [-0.1, -0.05) is 12.1 Å². The first kappa shape index (κ1) is 22.2. The summed E-state index contributed by atoms with van der Waals surface area (Å²) in [5.41, 5.74) is 1.42. The molecule has 2 aromatic rings. The molecule has 2 aromatic carbocycles. The highest BCUT2D eigenvalue weighted by Crippen LogP contribution is 2.40. The standard InChI is InChI=1S/C22H27FN2O4/c1-25(2)11-12-29-21-17(9-10-20(27-3)22(21)28-4)13-16(15-26)14-24-19-8-6-5-7-18(19)23/h5-10,13,15,24H,11-12,14H2,1-4H3/b16-13-. The highest BCUT2D eigenvalue weighted by molar-refractivity contribution is 5.85. The molecule has 0 aliphatic heterocycles. The van der Waals surface area contributed by atoms with Gasteiger partial charge in [0.2, 0.25) is 5.75 Å². The molecule has 0 atom stereocenters. The molecule has 2 rings (SSSR count). The number of benzene rings is 2. The molecule has 0 aliphatic carbocycles. The van der Waals surface area contributed by atoms with Crippen LogP contribution in [0.25, 0.3) is 6.08 Å². The van der Waals surface area contributed by atoms with Gasteiger partial charge in [0.25, 0.3) is 0 Å². The summed E-state index contributed by atoms with van der Waals surface area (Å²) in [5.74, 6) is 1.09. The second kappa shape index (κ2) is 11.1. The first-order valence-electron chi connectivity index (χ1n) is 9.16. The number of hydrogen-bond acceptors (Lipinski definition) is 6. The summed E-state index contributed by atoms with van der Waals surface area (Å²) in [7, 11) is 6.98. The molecule has 0 amide bonds. The van der Waals surface area contributed by atoms with Crippen molar-refractivity contribution >= 4 is 18.0 Å². The molecule has 7 heteroatoms. The van der Waals surface area contributed by atoms with E-state index in [1.807, 2.05) is 19.0 Å². The van der Waals surface area contributed by atoms with Gasteiger partial charge < -0.3 is 24.4 Å². The van der Waals surface area contributed by atoms with Crippen LogP contribution in [0.1, 0.15) is 5.56 Å². The smallest absolute Gasteiger partial charge is 0.203 e. The number of hydrogen-bond donors (Lipinski definition) is 1. The number of halogens is 1. The van der Waals surface area contributed by atoms with Crippen molar-refractivity contribution in [1.82, 2.24) is 4.90 Å². The average molecular weight is 402 g/mol. The Hall–Kier alpha value is -3.06. The molecule has 0 unspecified atom stereocenters. The van der Waals surface area contributed by atoms with Crippen molar-refractivity contribution in [3.05, 3.63) is 53.4 Å². The van der Waals surface area contributed by atoms with Gasteiger partial charge in [-0.3, -0.25) is 4.79 Å². The molecule has 0 aliphatic rings. The van der Waals surface area contributed by atoms with Crippen molar-refractivity contribution < 1.29 is 23.4 Å². The molecule has 6 nitrogen and oxygen atoms in total. The SMILES string of the molecule is COc1ccc(/C=C(\C=O)CNc2ccccc2F)c(OCCN(C)C)c1OC. The molecule has 0 saturated heterocycles. The van der Waals surface area contributed by atoms with Crippen molar-refractivity contribution in [3.63, 3.8) is 0 Å². The fraction of sp³-hybridized carbons (Fsp3) is 0.318. The number of rotatable bonds is 11. The van der Waals surface area contributed by atoms with E-state index in [1.54, 1.807) is 43.5 Å². The van der Waals surface area contributed by atoms with Crippen LogP contribution in [0.5, 0.6) is 17.2 Å². The highest BCUT2D eigenvalue weighted by atomic mass is 19.1. The molecule has 0 aromatic heterocycles. The Kier molecular flexibility index (Phi) is 8.48. The number of likely N-dealkylation sites (N-methyl/N-ethyl adjacent to an activating group) is 1. The molecule has 0 saturated carbocycles. The number of anilines is 1. The van der Waals surface area contributed by atoms with Crippen LogP contribution in [0.4, 0.5) is 10.1 Å². The maximum atomic E-state index is 13.8. The number of carbonyl (C=O) groups excluding carboxylic acids is 1. The van der Waals surface area contributed by atoms with E-state index in [9.17, 15) is 9.18 Å². The van der Waals surface area contributed by atoms with E-state index in [0.29, 0.717) is 47.2 Å². The molecule has 1 N–H and O–H groups in total. The van der Waals surface area contributed by atoms with E-state index in [-0.39, 0.29) is 12.4 Å². The lowest BCUT2D eigenvalue weighted by atomic mass is 10.1. The fourth-order valence-electron chi connectivity index (χ4n) is 2.63. The molecule has 0 fully saturated rings. The van der Waals surface area contributed by atoms with Gasteiger partial charge in [0.05, 0.1) is 19.9 Å². The Balaban J connectivity index is 2.31. The third-order valence-electron chi connectivity index (χ3n) is 4.16. The Bertz CT molecular complexity index is 853. The molecular formula is C22H27FN2O4. The topological polar surface area (TPSA) is 60.0 Å². The Morgan fingerprint density at radius 2 is 1.86 bits per heavy atom. The minimum atomic E-state index is -0.378. The van der Waals surface area contributed by atoms with Crippen molar-refractivity contribution in [2.75, 3.05) is 53.3 Å². The predicted molar refractivity (Wildman–Crippen MR) is 113 cm³/mol. The lowest BCUT2D eigenvalue weighted by molar-refractivity contribution is -0.104. The number of nitrogens with zero attached hydrogens (tertiary/aromatic N) is 1. The number of aldehydes is 1. The number of carbonyl (C=O) groups is 1. The van der Waals surface area contributed by atoms with Crippen LogP contribution in [0.15, 0.2) is 42.0 Å². The summed E-state index contributed by atoms with van der Waals surface area (Å²) in [5, 5.41) is 2.93. The van der Waals surface area contributed by atoms with E-state index in [4.69, 9.17) is 14.2 Å². The van der Waals surface area contributed by atoms with Crippen LogP contribution in [0.2, 0.25) is 0 Å². The van der Waals surface area contributed by atoms with Crippen LogP contribution in [-0.4, -0.2) is 59.2 Å². The van der Waals surface area contributed by atoms with Gasteiger partial charge in [-0.2, -0.15) is 0 Å². The molecule has 0 bridgehead atoms. The molecule has 29 heavy (non-hydrogen) atoms. The van der Waals surface area contributed by atoms with Crippen molar-refractivity contribution in [2.24, 2.45) is 0 Å². The van der Waals surface area contributed by atoms with Crippen molar-refractivity contribution in [1.29, 1.82) is 0 Å². The normalized spacial score (nSPS) is 11.3. The minimum absolute atomic E-state index is 0.163. The third-order valence-corrected chi connectivity index (χ3v) is 4.16. The number of nitrogens with one attached hydrogen (secondary N) is 1. The van der Waals surface area contributed by atoms with E-state index in [2.05, 4.69) is 5.32 Å². The number of ether oxygens (including phenoxy) is 3. The average Bonchev–Trinajstić information content (AvgIpc) is 2.72. The van der Waals surface area contributed by atoms with Gasteiger partial charge in [-0.15, -0.1) is 0 Å². The van der Waals surface area contributed by atoms with E-state index < -0.39 is 0 Å². The zero-order chi connectivity index (χ0) is 21.2. The third kappa shape index (κ3) is 6.22. The summed E-state index contributed by atoms with van der Waals surface area (Å²) in [6, 6.07) is 9.84. The lowest BCUT2D eigenvalue weighted by Crippen LogP contribution is -2.20. The molecular weight excluding hydrogens is 375 g/mol. The van der Waals surface area contributed by atoms with Crippen molar-refractivity contribution in [2.45, 2.75) is 0 Å². The Morgan fingerprint density at radius 1 is 1.10 bits per heavy atom. The highest BCUT2D eigenvalue weighted by Gasteiger charge is 2.16. The summed E-state index contributed by atoms with van der Waals surface area (Å²) < 4.78 is 30.6. The van der Waals surface area contributed by atoms with Gasteiger partial charge in [-0.05, 0) is 44.4 Å². The number of methoxy groups -OCH3 is 2. The van der Waals surface area contributed by atoms with Gasteiger partial charge in [-0.25, -0.2) is 4.39 Å². The first-order chi connectivity index (χ1) is 14.0. The molecule has 0 heterocycles.